The minimum Gasteiger partial charge on any atom is -0.381 e. The van der Waals surface area contributed by atoms with Crippen molar-refractivity contribution < 1.29 is 38.1 Å². The highest BCUT2D eigenvalue weighted by Gasteiger charge is 2.32. The number of hydrogen-bond donors (Lipinski definition) is 4. The third kappa shape index (κ3) is 22.5. The van der Waals surface area contributed by atoms with Gasteiger partial charge in [0.25, 0.3) is 0 Å². The van der Waals surface area contributed by atoms with Crippen LogP contribution in [0.2, 0.25) is 0 Å². The summed E-state index contributed by atoms with van der Waals surface area (Å²) in [6.45, 7) is 3.36. The highest BCUT2D eigenvalue weighted by molar-refractivity contribution is 5.76. The number of carbonyl (C=O) groups is 4. The zero-order chi connectivity index (χ0) is 29.9. The SMILES string of the molecule is CNC(=O)CCCCOCC(COCCCCC(N)=O)(COCCCCC(=O)NC)COCCCCC(=O)NC. The van der Waals surface area contributed by atoms with Gasteiger partial charge < -0.3 is 40.6 Å². The number of nitrogens with one attached hydrogen (secondary N) is 3. The van der Waals surface area contributed by atoms with Gasteiger partial charge in [0.2, 0.25) is 23.6 Å². The van der Waals surface area contributed by atoms with E-state index in [0.717, 1.165) is 38.5 Å². The lowest BCUT2D eigenvalue weighted by Crippen LogP contribution is -2.42. The van der Waals surface area contributed by atoms with Crippen molar-refractivity contribution in [3.05, 3.63) is 0 Å². The topological polar surface area (TPSA) is 167 Å². The molecule has 0 atom stereocenters. The molecule has 0 heterocycles. The van der Waals surface area contributed by atoms with Crippen molar-refractivity contribution in [1.29, 1.82) is 0 Å². The van der Waals surface area contributed by atoms with Gasteiger partial charge in [-0.05, 0) is 51.4 Å². The molecular formula is C28H54N4O8. The molecule has 0 radical (unpaired) electrons. The Morgan fingerprint density at radius 1 is 0.500 bits per heavy atom. The Bertz CT molecular complexity index is 624. The summed E-state index contributed by atoms with van der Waals surface area (Å²) in [6, 6.07) is 0. The number of carbonyl (C=O) groups excluding carboxylic acids is 4. The van der Waals surface area contributed by atoms with Crippen LogP contribution in [0.3, 0.4) is 0 Å². The molecule has 0 unspecified atom stereocenters. The van der Waals surface area contributed by atoms with Gasteiger partial charge >= 0.3 is 0 Å². The Kier molecular flexibility index (Phi) is 24.2. The molecular weight excluding hydrogens is 520 g/mol. The van der Waals surface area contributed by atoms with Gasteiger partial charge in [0.15, 0.2) is 0 Å². The van der Waals surface area contributed by atoms with Gasteiger partial charge in [-0.1, -0.05) is 0 Å². The molecule has 0 bridgehead atoms. The van der Waals surface area contributed by atoms with Crippen molar-refractivity contribution in [3.8, 4) is 0 Å². The van der Waals surface area contributed by atoms with Crippen LogP contribution in [0.1, 0.15) is 77.0 Å². The van der Waals surface area contributed by atoms with Crippen LogP contribution in [0.25, 0.3) is 0 Å². The summed E-state index contributed by atoms with van der Waals surface area (Å²) in [7, 11) is 4.87. The van der Waals surface area contributed by atoms with Gasteiger partial charge in [0.1, 0.15) is 0 Å². The number of rotatable bonds is 28. The number of nitrogens with two attached hydrogens (primary N) is 1. The third-order valence-electron chi connectivity index (χ3n) is 6.26. The predicted molar refractivity (Wildman–Crippen MR) is 153 cm³/mol. The van der Waals surface area contributed by atoms with Crippen LogP contribution in [0.5, 0.6) is 0 Å². The van der Waals surface area contributed by atoms with E-state index in [4.69, 9.17) is 24.7 Å². The van der Waals surface area contributed by atoms with Gasteiger partial charge in [0.05, 0.1) is 31.8 Å². The van der Waals surface area contributed by atoms with Gasteiger partial charge in [-0.15, -0.1) is 0 Å². The molecule has 0 fully saturated rings. The van der Waals surface area contributed by atoms with E-state index < -0.39 is 5.41 Å². The van der Waals surface area contributed by atoms with Crippen molar-refractivity contribution in [1.82, 2.24) is 16.0 Å². The largest absolute Gasteiger partial charge is 0.381 e. The highest BCUT2D eigenvalue weighted by atomic mass is 16.5. The van der Waals surface area contributed by atoms with E-state index in [1.165, 1.54) is 0 Å². The molecule has 4 amide bonds. The van der Waals surface area contributed by atoms with Crippen molar-refractivity contribution in [2.24, 2.45) is 11.1 Å². The zero-order valence-electron chi connectivity index (χ0n) is 25.0. The third-order valence-corrected chi connectivity index (χ3v) is 6.26. The zero-order valence-corrected chi connectivity index (χ0v) is 25.0. The molecule has 0 spiro atoms. The number of amides is 4. The molecule has 0 rings (SSSR count). The fourth-order valence-electron chi connectivity index (χ4n) is 3.75. The van der Waals surface area contributed by atoms with E-state index in [0.29, 0.717) is 91.4 Å². The first-order valence-electron chi connectivity index (χ1n) is 14.5. The second kappa shape index (κ2) is 25.7. The number of primary amides is 1. The Hall–Kier alpha value is -2.28. The molecule has 0 aromatic heterocycles. The highest BCUT2D eigenvalue weighted by Crippen LogP contribution is 2.22. The van der Waals surface area contributed by atoms with E-state index in [-0.39, 0.29) is 23.6 Å². The maximum absolute atomic E-state index is 11.5. The first-order valence-corrected chi connectivity index (χ1v) is 14.5. The predicted octanol–water partition coefficient (Wildman–Crippen LogP) is 1.44. The Morgan fingerprint density at radius 3 is 1.02 bits per heavy atom. The molecule has 40 heavy (non-hydrogen) atoms. The van der Waals surface area contributed by atoms with Crippen molar-refractivity contribution in [3.63, 3.8) is 0 Å². The maximum Gasteiger partial charge on any atom is 0.219 e. The summed E-state index contributed by atoms with van der Waals surface area (Å²) >= 11 is 0. The van der Waals surface area contributed by atoms with E-state index in [1.54, 1.807) is 21.1 Å². The Morgan fingerprint density at radius 2 is 0.775 bits per heavy atom. The molecule has 0 aliphatic rings. The second-order valence-electron chi connectivity index (χ2n) is 10.0. The Balaban J connectivity index is 5.01. The van der Waals surface area contributed by atoms with Crippen LogP contribution in [0.4, 0.5) is 0 Å². The first kappa shape index (κ1) is 37.7. The first-order chi connectivity index (χ1) is 19.3. The molecule has 0 aromatic carbocycles. The summed E-state index contributed by atoms with van der Waals surface area (Å²) in [5.74, 6) is -0.301. The summed E-state index contributed by atoms with van der Waals surface area (Å²) in [6.07, 6.45) is 7.49. The fraction of sp³-hybridized carbons (Fsp3) is 0.857. The lowest BCUT2D eigenvalue weighted by molar-refractivity contribution is -0.121. The minimum absolute atomic E-state index is 0.00807. The summed E-state index contributed by atoms with van der Waals surface area (Å²) in [5, 5.41) is 7.86. The summed E-state index contributed by atoms with van der Waals surface area (Å²) in [4.78, 5) is 45.4. The monoisotopic (exact) mass is 574 g/mol. The van der Waals surface area contributed by atoms with E-state index >= 15 is 0 Å². The van der Waals surface area contributed by atoms with Crippen molar-refractivity contribution >= 4 is 23.6 Å². The van der Waals surface area contributed by atoms with E-state index in [1.807, 2.05) is 0 Å². The number of unbranched alkanes of at least 4 members (excludes halogenated alkanes) is 4. The molecule has 12 nitrogen and oxygen atoms in total. The van der Waals surface area contributed by atoms with Crippen molar-refractivity contribution in [2.75, 3.05) is 74.0 Å². The van der Waals surface area contributed by atoms with Crippen LogP contribution < -0.4 is 21.7 Å². The Labute approximate surface area is 240 Å². The molecule has 5 N–H and O–H groups in total. The summed E-state index contributed by atoms with van der Waals surface area (Å²) in [5.41, 5.74) is 4.66. The maximum atomic E-state index is 11.5. The molecule has 0 aliphatic carbocycles. The molecule has 0 aromatic rings. The van der Waals surface area contributed by atoms with Crippen LogP contribution in [0, 0.1) is 5.41 Å². The number of ether oxygens (including phenoxy) is 4. The van der Waals surface area contributed by atoms with Crippen molar-refractivity contribution in [2.45, 2.75) is 77.0 Å². The van der Waals surface area contributed by atoms with Crippen LogP contribution >= 0.6 is 0 Å². The normalized spacial score (nSPS) is 11.3. The van der Waals surface area contributed by atoms with E-state index in [9.17, 15) is 19.2 Å². The van der Waals surface area contributed by atoms with Gasteiger partial charge in [-0.3, -0.25) is 19.2 Å². The molecule has 0 aliphatic heterocycles. The van der Waals surface area contributed by atoms with Gasteiger partial charge in [0, 0.05) is 73.3 Å². The summed E-state index contributed by atoms with van der Waals surface area (Å²) < 4.78 is 24.1. The van der Waals surface area contributed by atoms with E-state index in [2.05, 4.69) is 16.0 Å². The molecule has 234 valence electrons. The average molecular weight is 575 g/mol. The quantitative estimate of drug-likeness (QED) is 0.102. The van der Waals surface area contributed by atoms with Crippen LogP contribution in [-0.4, -0.2) is 97.6 Å². The molecule has 0 saturated carbocycles. The van der Waals surface area contributed by atoms with Gasteiger partial charge in [-0.25, -0.2) is 0 Å². The number of hydrogen-bond acceptors (Lipinski definition) is 8. The van der Waals surface area contributed by atoms with Crippen LogP contribution in [0.15, 0.2) is 0 Å². The standard InChI is InChI=1S/C28H54N4O8/c1-30-25(34)13-5-9-17-38-21-28(20-37-16-8-4-12-24(29)33,22-39-18-10-6-14-26(35)31-2)23-40-19-11-7-15-27(36)32-3/h4-23H2,1-3H3,(H2,29,33)(H,30,34)(H,31,35)(H,32,36). The lowest BCUT2D eigenvalue weighted by Gasteiger charge is -2.33. The second-order valence-corrected chi connectivity index (χ2v) is 10.0. The van der Waals surface area contributed by atoms with Crippen LogP contribution in [-0.2, 0) is 38.1 Å². The molecule has 0 saturated heterocycles. The van der Waals surface area contributed by atoms with Gasteiger partial charge in [-0.2, -0.15) is 0 Å². The fourth-order valence-corrected chi connectivity index (χ4v) is 3.75. The minimum atomic E-state index is -0.563. The lowest BCUT2D eigenvalue weighted by atomic mass is 9.92. The average Bonchev–Trinajstić information content (AvgIpc) is 2.95. The smallest absolute Gasteiger partial charge is 0.219 e. The molecule has 12 heteroatoms.